The maximum Gasteiger partial charge on any atom is 0.573 e. The average molecular weight is 492 g/mol. The fourth-order valence-electron chi connectivity index (χ4n) is 2.94. The third-order valence-corrected chi connectivity index (χ3v) is 4.77. The van der Waals surface area contributed by atoms with E-state index >= 15 is 0 Å². The fourth-order valence-corrected chi connectivity index (χ4v) is 3.48. The molecule has 0 spiro atoms. The molecule has 1 unspecified atom stereocenters. The highest BCUT2D eigenvalue weighted by molar-refractivity contribution is 9.10. The Bertz CT molecular complexity index is 1220. The van der Waals surface area contributed by atoms with Crippen molar-refractivity contribution < 1.29 is 17.9 Å². The van der Waals surface area contributed by atoms with Crippen LogP contribution in [0.1, 0.15) is 18.7 Å². The van der Waals surface area contributed by atoms with Gasteiger partial charge in [0.2, 0.25) is 0 Å². The largest absolute Gasteiger partial charge is 0.573 e. The molecule has 1 N–H and O–H groups in total. The highest BCUT2D eigenvalue weighted by atomic mass is 79.9. The summed E-state index contributed by atoms with van der Waals surface area (Å²) in [5.41, 5.74) is 1.44. The Morgan fingerprint density at radius 3 is 2.45 bits per heavy atom. The molecule has 12 heteroatoms. The third kappa shape index (κ3) is 4.68. The molecular weight excluding hydrogens is 479 g/mol. The van der Waals surface area contributed by atoms with E-state index in [4.69, 9.17) is 0 Å². The first-order chi connectivity index (χ1) is 14.8. The second-order valence-corrected chi connectivity index (χ2v) is 7.15. The number of nitrogens with one attached hydrogen (secondary N) is 1. The molecule has 1 aromatic carbocycles. The van der Waals surface area contributed by atoms with Crippen LogP contribution in [0.5, 0.6) is 5.75 Å². The van der Waals surface area contributed by atoms with Crippen LogP contribution in [-0.4, -0.2) is 36.3 Å². The first-order valence-corrected chi connectivity index (χ1v) is 9.66. The van der Waals surface area contributed by atoms with Crippen molar-refractivity contribution in [1.29, 1.82) is 0 Å². The molecule has 0 aliphatic heterocycles. The zero-order valence-corrected chi connectivity index (χ0v) is 17.4. The first kappa shape index (κ1) is 20.8. The molecule has 4 rings (SSSR count). The Morgan fingerprint density at radius 2 is 1.71 bits per heavy atom. The van der Waals surface area contributed by atoms with E-state index in [0.717, 1.165) is 0 Å². The number of alkyl halides is 3. The van der Waals surface area contributed by atoms with Crippen LogP contribution in [0.2, 0.25) is 0 Å². The number of anilines is 1. The molecule has 3 aromatic heterocycles. The molecule has 0 fully saturated rings. The lowest BCUT2D eigenvalue weighted by molar-refractivity contribution is -0.274. The van der Waals surface area contributed by atoms with Gasteiger partial charge in [0.25, 0.3) is 0 Å². The lowest BCUT2D eigenvalue weighted by Gasteiger charge is -2.18. The predicted octanol–water partition coefficient (Wildman–Crippen LogP) is 4.71. The number of benzene rings is 1. The van der Waals surface area contributed by atoms with E-state index in [1.54, 1.807) is 18.5 Å². The van der Waals surface area contributed by atoms with Gasteiger partial charge in [-0.05, 0) is 41.1 Å². The zero-order valence-electron chi connectivity index (χ0n) is 15.8. The minimum Gasteiger partial charge on any atom is -0.406 e. The van der Waals surface area contributed by atoms with Crippen LogP contribution in [-0.2, 0) is 0 Å². The van der Waals surface area contributed by atoms with Gasteiger partial charge in [-0.3, -0.25) is 4.98 Å². The highest BCUT2D eigenvalue weighted by Gasteiger charge is 2.31. The molecule has 0 saturated carbocycles. The summed E-state index contributed by atoms with van der Waals surface area (Å²) >= 11 is 3.24. The fraction of sp³-hybridized carbons (Fsp3) is 0.158. The molecule has 3 heterocycles. The molecule has 0 saturated heterocycles. The number of nitrogens with zero attached hydrogens (tertiary/aromatic N) is 6. The van der Waals surface area contributed by atoms with Crippen LogP contribution < -0.4 is 10.1 Å². The van der Waals surface area contributed by atoms with Gasteiger partial charge in [0.05, 0.1) is 17.3 Å². The molecule has 0 aliphatic carbocycles. The van der Waals surface area contributed by atoms with Crippen molar-refractivity contribution in [2.75, 3.05) is 5.32 Å². The summed E-state index contributed by atoms with van der Waals surface area (Å²) in [6.07, 6.45) is 2.73. The minimum atomic E-state index is -4.83. The van der Waals surface area contributed by atoms with Gasteiger partial charge in [0.15, 0.2) is 5.82 Å². The number of rotatable bonds is 5. The normalized spacial score (nSPS) is 12.5. The van der Waals surface area contributed by atoms with E-state index in [1.807, 2.05) is 6.92 Å². The Morgan fingerprint density at radius 1 is 0.968 bits per heavy atom. The van der Waals surface area contributed by atoms with Gasteiger partial charge in [0, 0.05) is 34.6 Å². The molecular formula is C19H13BrF3N7O. The van der Waals surface area contributed by atoms with Gasteiger partial charge in [-0.1, -0.05) is 0 Å². The summed E-state index contributed by atoms with van der Waals surface area (Å²) in [6.45, 7) is 1.81. The van der Waals surface area contributed by atoms with Crippen molar-refractivity contribution in [3.63, 3.8) is 0 Å². The van der Waals surface area contributed by atoms with Crippen LogP contribution in [0, 0.1) is 0 Å². The van der Waals surface area contributed by atoms with Crippen LogP contribution in [0.3, 0.4) is 0 Å². The van der Waals surface area contributed by atoms with Gasteiger partial charge >= 0.3 is 6.36 Å². The lowest BCUT2D eigenvalue weighted by atomic mass is 10.1. The summed E-state index contributed by atoms with van der Waals surface area (Å²) in [6, 6.07) is 3.67. The molecule has 0 radical (unpaired) electrons. The van der Waals surface area contributed by atoms with Crippen molar-refractivity contribution >= 4 is 32.7 Å². The second-order valence-electron chi connectivity index (χ2n) is 6.30. The maximum absolute atomic E-state index is 12.7. The van der Waals surface area contributed by atoms with Gasteiger partial charge in [-0.15, -0.1) is 13.2 Å². The van der Waals surface area contributed by atoms with E-state index in [9.17, 15) is 13.2 Å². The van der Waals surface area contributed by atoms with Gasteiger partial charge in [-0.2, -0.15) is 0 Å². The number of hydrogen-bond acceptors (Lipinski definition) is 8. The smallest absolute Gasteiger partial charge is 0.406 e. The van der Waals surface area contributed by atoms with Gasteiger partial charge in [-0.25, -0.2) is 24.9 Å². The van der Waals surface area contributed by atoms with Crippen LogP contribution >= 0.6 is 15.9 Å². The monoisotopic (exact) mass is 491 g/mol. The van der Waals surface area contributed by atoms with Gasteiger partial charge in [0.1, 0.15) is 23.6 Å². The SMILES string of the molecule is CC(Nc1ncnc2c(Br)cc(OC(F)(F)F)cc12)c1nccnc1-c1ncccn1. The van der Waals surface area contributed by atoms with E-state index < -0.39 is 18.2 Å². The Balaban J connectivity index is 1.73. The van der Waals surface area contributed by atoms with Crippen LogP contribution in [0.4, 0.5) is 19.0 Å². The number of hydrogen-bond donors (Lipinski definition) is 1. The number of ether oxygens (including phenoxy) is 1. The molecule has 8 nitrogen and oxygen atoms in total. The zero-order chi connectivity index (χ0) is 22.0. The summed E-state index contributed by atoms with van der Waals surface area (Å²) in [7, 11) is 0. The van der Waals surface area contributed by atoms with E-state index in [0.29, 0.717) is 38.4 Å². The molecule has 0 bridgehead atoms. The van der Waals surface area contributed by atoms with Crippen LogP contribution in [0.25, 0.3) is 22.4 Å². The Kier molecular flexibility index (Phi) is 5.63. The molecule has 158 valence electrons. The van der Waals surface area contributed by atoms with Gasteiger partial charge < -0.3 is 10.1 Å². The highest BCUT2D eigenvalue weighted by Crippen LogP contribution is 2.35. The summed E-state index contributed by atoms with van der Waals surface area (Å²) in [5, 5.41) is 3.50. The van der Waals surface area contributed by atoms with Crippen LogP contribution in [0.15, 0.2) is 53.8 Å². The molecule has 0 aliphatic rings. The van der Waals surface area contributed by atoms with E-state index in [1.165, 1.54) is 30.9 Å². The van der Waals surface area contributed by atoms with Crippen molar-refractivity contribution in [2.24, 2.45) is 0 Å². The molecule has 1 atom stereocenters. The number of halogens is 4. The summed E-state index contributed by atoms with van der Waals surface area (Å²) < 4.78 is 42.5. The van der Waals surface area contributed by atoms with Crippen molar-refractivity contribution in [2.45, 2.75) is 19.3 Å². The third-order valence-electron chi connectivity index (χ3n) is 4.17. The Labute approximate surface area is 182 Å². The maximum atomic E-state index is 12.7. The quantitative estimate of drug-likeness (QED) is 0.428. The molecule has 0 amide bonds. The lowest BCUT2D eigenvalue weighted by Crippen LogP contribution is -2.17. The second kappa shape index (κ2) is 8.38. The summed E-state index contributed by atoms with van der Waals surface area (Å²) in [4.78, 5) is 25.5. The van der Waals surface area contributed by atoms with Crippen molar-refractivity contribution in [3.05, 3.63) is 59.5 Å². The number of aromatic nitrogens is 6. The topological polar surface area (TPSA) is 98.6 Å². The van der Waals surface area contributed by atoms with E-state index in [2.05, 4.69) is 55.9 Å². The Hall–Kier alpha value is -3.41. The van der Waals surface area contributed by atoms with E-state index in [-0.39, 0.29) is 0 Å². The number of fused-ring (bicyclic) bond motifs is 1. The predicted molar refractivity (Wildman–Crippen MR) is 109 cm³/mol. The molecule has 4 aromatic rings. The van der Waals surface area contributed by atoms with Crippen molar-refractivity contribution in [1.82, 2.24) is 29.9 Å². The van der Waals surface area contributed by atoms with Crippen molar-refractivity contribution in [3.8, 4) is 17.3 Å². The average Bonchev–Trinajstić information content (AvgIpc) is 2.74. The standard InChI is InChI=1S/C19H13BrF3N7O/c1-10(14-16(25-6-5-24-14)18-26-3-2-4-27-18)30-17-12-7-11(31-19(21,22)23)8-13(20)15(12)28-9-29-17/h2-10H,1H3,(H,28,29,30). The minimum absolute atomic E-state index is 0.302. The summed E-state index contributed by atoms with van der Waals surface area (Å²) in [5.74, 6) is 0.307. The first-order valence-electron chi connectivity index (χ1n) is 8.86. The molecule has 31 heavy (non-hydrogen) atoms.